The Hall–Kier alpha value is -1.08. The number of nitrogens with zero attached hydrogens (tertiary/aromatic N) is 2. The van der Waals surface area contributed by atoms with E-state index in [2.05, 4.69) is 41.8 Å². The fraction of sp³-hybridized carbons (Fsp3) is 0.231. The van der Waals surface area contributed by atoms with E-state index >= 15 is 0 Å². The number of nitrogens with two attached hydrogens (primary N) is 1. The lowest BCUT2D eigenvalue weighted by Crippen LogP contribution is -2.03. The summed E-state index contributed by atoms with van der Waals surface area (Å²) >= 11 is 6.42. The molecule has 1 saturated carbocycles. The minimum absolute atomic E-state index is 0.000898. The molecular formula is C13H9Br2F2N3. The molecule has 1 aliphatic carbocycles. The minimum Gasteiger partial charge on any atom is -0.383 e. The van der Waals surface area contributed by atoms with Crippen LogP contribution in [0.3, 0.4) is 0 Å². The van der Waals surface area contributed by atoms with Crippen LogP contribution in [-0.2, 0) is 0 Å². The van der Waals surface area contributed by atoms with Gasteiger partial charge in [0.25, 0.3) is 0 Å². The second-order valence-electron chi connectivity index (χ2n) is 4.63. The van der Waals surface area contributed by atoms with Gasteiger partial charge < -0.3 is 5.73 Å². The van der Waals surface area contributed by atoms with E-state index in [4.69, 9.17) is 5.73 Å². The van der Waals surface area contributed by atoms with Crippen molar-refractivity contribution in [3.05, 3.63) is 38.4 Å². The fourth-order valence-electron chi connectivity index (χ4n) is 1.93. The van der Waals surface area contributed by atoms with Crippen LogP contribution < -0.4 is 5.73 Å². The average Bonchev–Trinajstić information content (AvgIpc) is 3.24. The van der Waals surface area contributed by atoms with Crippen LogP contribution in [0, 0.1) is 11.6 Å². The first-order chi connectivity index (χ1) is 9.49. The summed E-state index contributed by atoms with van der Waals surface area (Å²) in [4.78, 5) is 8.59. The van der Waals surface area contributed by atoms with Crippen LogP contribution in [0.15, 0.2) is 21.1 Å². The maximum absolute atomic E-state index is 13.6. The highest BCUT2D eigenvalue weighted by Crippen LogP contribution is 2.44. The smallest absolute Gasteiger partial charge is 0.173 e. The lowest BCUT2D eigenvalue weighted by atomic mass is 10.2. The average molecular weight is 405 g/mol. The van der Waals surface area contributed by atoms with Crippen molar-refractivity contribution in [1.82, 2.24) is 9.97 Å². The summed E-state index contributed by atoms with van der Waals surface area (Å²) < 4.78 is 27.5. The van der Waals surface area contributed by atoms with Crippen molar-refractivity contribution in [3.63, 3.8) is 0 Å². The number of hydrogen-bond donors (Lipinski definition) is 1. The van der Waals surface area contributed by atoms with Crippen molar-refractivity contribution >= 4 is 37.7 Å². The number of anilines is 1. The molecule has 2 aromatic rings. The summed E-state index contributed by atoms with van der Waals surface area (Å²) in [5.41, 5.74) is 7.06. The van der Waals surface area contributed by atoms with Crippen molar-refractivity contribution in [3.8, 4) is 11.4 Å². The van der Waals surface area contributed by atoms with Gasteiger partial charge in [-0.05, 0) is 56.8 Å². The van der Waals surface area contributed by atoms with E-state index in [1.807, 2.05) is 0 Å². The van der Waals surface area contributed by atoms with Crippen molar-refractivity contribution in [2.75, 3.05) is 5.73 Å². The maximum Gasteiger partial charge on any atom is 0.173 e. The normalized spacial score (nSPS) is 14.6. The Bertz CT molecular complexity index is 703. The van der Waals surface area contributed by atoms with Crippen LogP contribution in [-0.4, -0.2) is 9.97 Å². The van der Waals surface area contributed by atoms with Crippen molar-refractivity contribution in [2.45, 2.75) is 18.8 Å². The number of nitrogen functional groups attached to an aromatic ring is 1. The van der Waals surface area contributed by atoms with E-state index in [1.165, 1.54) is 6.07 Å². The topological polar surface area (TPSA) is 51.8 Å². The fourth-order valence-corrected chi connectivity index (χ4v) is 2.93. The summed E-state index contributed by atoms with van der Waals surface area (Å²) in [5.74, 6) is -0.932. The molecule has 2 N–H and O–H groups in total. The second kappa shape index (κ2) is 5.04. The number of benzene rings is 1. The largest absolute Gasteiger partial charge is 0.383 e. The monoisotopic (exact) mass is 403 g/mol. The molecule has 3 nitrogen and oxygen atoms in total. The zero-order valence-corrected chi connectivity index (χ0v) is 13.3. The second-order valence-corrected chi connectivity index (χ2v) is 6.21. The molecule has 0 unspecified atom stereocenters. The van der Waals surface area contributed by atoms with E-state index < -0.39 is 11.6 Å². The Morgan fingerprint density at radius 2 is 1.80 bits per heavy atom. The predicted molar refractivity (Wildman–Crippen MR) is 79.2 cm³/mol. The van der Waals surface area contributed by atoms with Crippen LogP contribution in [0.4, 0.5) is 14.6 Å². The summed E-state index contributed by atoms with van der Waals surface area (Å²) in [6.45, 7) is 0. The van der Waals surface area contributed by atoms with Crippen LogP contribution in [0.2, 0.25) is 0 Å². The Morgan fingerprint density at radius 3 is 2.45 bits per heavy atom. The maximum atomic E-state index is 13.6. The summed E-state index contributed by atoms with van der Waals surface area (Å²) in [7, 11) is 0. The molecule has 0 amide bonds. The Kier molecular flexibility index (Phi) is 3.50. The molecule has 0 atom stereocenters. The molecular weight excluding hydrogens is 396 g/mol. The van der Waals surface area contributed by atoms with Crippen molar-refractivity contribution in [2.24, 2.45) is 0 Å². The van der Waals surface area contributed by atoms with Crippen LogP contribution in [0.5, 0.6) is 0 Å². The number of aromatic nitrogens is 2. The summed E-state index contributed by atoms with van der Waals surface area (Å²) in [6, 6.07) is 2.48. The third-order valence-corrected chi connectivity index (χ3v) is 4.73. The van der Waals surface area contributed by atoms with Crippen LogP contribution in [0.25, 0.3) is 11.4 Å². The Labute approximate surface area is 130 Å². The van der Waals surface area contributed by atoms with Crippen LogP contribution >= 0.6 is 31.9 Å². The van der Waals surface area contributed by atoms with E-state index in [1.54, 1.807) is 0 Å². The quantitative estimate of drug-likeness (QED) is 0.754. The summed E-state index contributed by atoms with van der Waals surface area (Å²) in [6.07, 6.45) is 2.10. The highest BCUT2D eigenvalue weighted by Gasteiger charge is 2.29. The molecule has 104 valence electrons. The van der Waals surface area contributed by atoms with Crippen molar-refractivity contribution < 1.29 is 8.78 Å². The van der Waals surface area contributed by atoms with Gasteiger partial charge >= 0.3 is 0 Å². The van der Waals surface area contributed by atoms with Gasteiger partial charge in [0.2, 0.25) is 0 Å². The SMILES string of the molecule is Nc1nc(-c2ccc(F)c(F)c2Br)nc(C2CC2)c1Br. The van der Waals surface area contributed by atoms with Crippen molar-refractivity contribution in [1.29, 1.82) is 0 Å². The molecule has 7 heteroatoms. The molecule has 1 fully saturated rings. The first-order valence-corrected chi connectivity index (χ1v) is 7.54. The number of hydrogen-bond acceptors (Lipinski definition) is 3. The first-order valence-electron chi connectivity index (χ1n) is 5.95. The summed E-state index contributed by atoms with van der Waals surface area (Å²) in [5, 5.41) is 0. The van der Waals surface area contributed by atoms with E-state index in [-0.39, 0.29) is 4.47 Å². The predicted octanol–water partition coefficient (Wildman–Crippen LogP) is 4.41. The standard InChI is InChI=1S/C13H9Br2F2N3/c14-8-6(3-4-7(16)10(8)17)13-19-11(5-1-2-5)9(15)12(18)20-13/h3-5H,1-2H2,(H2,18,19,20). The molecule has 0 spiro atoms. The first kappa shape index (κ1) is 13.9. The highest BCUT2D eigenvalue weighted by atomic mass is 79.9. The highest BCUT2D eigenvalue weighted by molar-refractivity contribution is 9.11. The van der Waals surface area contributed by atoms with Gasteiger partial charge in [0.05, 0.1) is 14.6 Å². The number of rotatable bonds is 2. The van der Waals surface area contributed by atoms with Crippen LogP contribution in [0.1, 0.15) is 24.5 Å². The van der Waals surface area contributed by atoms with Gasteiger partial charge in [0.1, 0.15) is 5.82 Å². The van der Waals surface area contributed by atoms with E-state index in [0.717, 1.165) is 24.6 Å². The molecule has 3 rings (SSSR count). The molecule has 1 aromatic carbocycles. The zero-order chi connectivity index (χ0) is 14.4. The molecule has 0 radical (unpaired) electrons. The molecule has 20 heavy (non-hydrogen) atoms. The minimum atomic E-state index is -0.958. The molecule has 0 aliphatic heterocycles. The molecule has 0 bridgehead atoms. The van der Waals surface area contributed by atoms with Gasteiger partial charge in [-0.3, -0.25) is 0 Å². The van der Waals surface area contributed by atoms with E-state index in [0.29, 0.717) is 27.6 Å². The molecule has 0 saturated heterocycles. The van der Waals surface area contributed by atoms with Gasteiger partial charge in [-0.25, -0.2) is 18.7 Å². The van der Waals surface area contributed by atoms with Gasteiger partial charge in [-0.15, -0.1) is 0 Å². The van der Waals surface area contributed by atoms with E-state index in [9.17, 15) is 8.78 Å². The molecule has 1 aromatic heterocycles. The third-order valence-electron chi connectivity index (χ3n) is 3.14. The lowest BCUT2D eigenvalue weighted by Gasteiger charge is -2.10. The Balaban J connectivity index is 2.18. The van der Waals surface area contributed by atoms with Gasteiger partial charge in [0.15, 0.2) is 17.5 Å². The molecule has 1 heterocycles. The Morgan fingerprint density at radius 1 is 1.10 bits per heavy atom. The van der Waals surface area contributed by atoms with Gasteiger partial charge in [-0.1, -0.05) is 0 Å². The third kappa shape index (κ3) is 2.33. The zero-order valence-electron chi connectivity index (χ0n) is 10.1. The number of halogens is 4. The van der Waals surface area contributed by atoms with Gasteiger partial charge in [0, 0.05) is 11.5 Å². The lowest BCUT2D eigenvalue weighted by molar-refractivity contribution is 0.504. The van der Waals surface area contributed by atoms with Gasteiger partial charge in [-0.2, -0.15) is 0 Å². The molecule has 1 aliphatic rings.